The van der Waals surface area contributed by atoms with Gasteiger partial charge in [-0.2, -0.15) is 5.10 Å². The van der Waals surface area contributed by atoms with Gasteiger partial charge in [-0.3, -0.25) is 9.89 Å². The highest BCUT2D eigenvalue weighted by molar-refractivity contribution is 5.94. The SMILES string of the molecule is CCN(CC)CCN(CCOC)C(=O)c1n[nH]c2c1CNCC2.Cl. The fourth-order valence-corrected chi connectivity index (χ4v) is 2.87. The number of H-pyrrole nitrogens is 1. The summed E-state index contributed by atoms with van der Waals surface area (Å²) in [7, 11) is 1.66. The quantitative estimate of drug-likeness (QED) is 0.685. The maximum atomic E-state index is 12.9. The number of amides is 1. The average molecular weight is 360 g/mol. The van der Waals surface area contributed by atoms with Crippen LogP contribution in [0.15, 0.2) is 0 Å². The molecule has 0 bridgehead atoms. The second kappa shape index (κ2) is 10.7. The third-order valence-electron chi connectivity index (χ3n) is 4.44. The van der Waals surface area contributed by atoms with E-state index in [1.807, 2.05) is 4.90 Å². The number of fused-ring (bicyclic) bond motifs is 1. The summed E-state index contributed by atoms with van der Waals surface area (Å²) in [5.41, 5.74) is 2.66. The van der Waals surface area contributed by atoms with E-state index in [0.29, 0.717) is 31.9 Å². The first-order valence-electron chi connectivity index (χ1n) is 8.48. The molecule has 1 aliphatic rings. The van der Waals surface area contributed by atoms with Gasteiger partial charge in [-0.05, 0) is 13.1 Å². The zero-order chi connectivity index (χ0) is 16.7. The number of carbonyl (C=O) groups excluding carboxylic acids is 1. The monoisotopic (exact) mass is 359 g/mol. The number of carbonyl (C=O) groups is 1. The molecule has 0 fully saturated rings. The smallest absolute Gasteiger partial charge is 0.274 e. The maximum absolute atomic E-state index is 12.9. The van der Waals surface area contributed by atoms with Gasteiger partial charge in [0.1, 0.15) is 0 Å². The first kappa shape index (κ1) is 20.9. The molecule has 2 heterocycles. The molecular formula is C16H30ClN5O2. The van der Waals surface area contributed by atoms with Crippen molar-refractivity contribution < 1.29 is 9.53 Å². The third-order valence-corrected chi connectivity index (χ3v) is 4.44. The number of rotatable bonds is 9. The van der Waals surface area contributed by atoms with Crippen molar-refractivity contribution >= 4 is 18.3 Å². The van der Waals surface area contributed by atoms with Crippen molar-refractivity contribution in [3.05, 3.63) is 17.0 Å². The highest BCUT2D eigenvalue weighted by Crippen LogP contribution is 2.17. The molecule has 0 aromatic carbocycles. The highest BCUT2D eigenvalue weighted by Gasteiger charge is 2.25. The lowest BCUT2D eigenvalue weighted by Gasteiger charge is -2.26. The first-order chi connectivity index (χ1) is 11.2. The van der Waals surface area contributed by atoms with E-state index in [9.17, 15) is 4.79 Å². The summed E-state index contributed by atoms with van der Waals surface area (Å²) in [5.74, 6) is -0.00425. The van der Waals surface area contributed by atoms with E-state index in [4.69, 9.17) is 4.74 Å². The molecule has 0 saturated heterocycles. The lowest BCUT2D eigenvalue weighted by Crippen LogP contribution is -2.41. The van der Waals surface area contributed by atoms with Crippen LogP contribution in [0, 0.1) is 0 Å². The number of aromatic amines is 1. The van der Waals surface area contributed by atoms with Crippen LogP contribution in [0.2, 0.25) is 0 Å². The van der Waals surface area contributed by atoms with E-state index in [1.54, 1.807) is 7.11 Å². The molecule has 1 aromatic rings. The molecule has 1 aromatic heterocycles. The maximum Gasteiger partial charge on any atom is 0.274 e. The summed E-state index contributed by atoms with van der Waals surface area (Å²) in [6, 6.07) is 0. The Morgan fingerprint density at radius 1 is 1.25 bits per heavy atom. The molecule has 0 spiro atoms. The number of halogens is 1. The second-order valence-corrected chi connectivity index (χ2v) is 5.77. The van der Waals surface area contributed by atoms with Gasteiger partial charge in [-0.25, -0.2) is 0 Å². The topological polar surface area (TPSA) is 73.5 Å². The Labute approximate surface area is 150 Å². The number of hydrogen-bond donors (Lipinski definition) is 2. The van der Waals surface area contributed by atoms with Crippen molar-refractivity contribution in [3.8, 4) is 0 Å². The number of nitrogens with zero attached hydrogens (tertiary/aromatic N) is 3. The number of nitrogens with one attached hydrogen (secondary N) is 2. The number of hydrogen-bond acceptors (Lipinski definition) is 5. The zero-order valence-corrected chi connectivity index (χ0v) is 15.7. The third kappa shape index (κ3) is 5.17. The second-order valence-electron chi connectivity index (χ2n) is 5.77. The van der Waals surface area contributed by atoms with Crippen LogP contribution >= 0.6 is 12.4 Å². The molecular weight excluding hydrogens is 330 g/mol. The van der Waals surface area contributed by atoms with Gasteiger partial charge in [0, 0.05) is 57.5 Å². The predicted molar refractivity (Wildman–Crippen MR) is 96.8 cm³/mol. The van der Waals surface area contributed by atoms with Gasteiger partial charge in [0.05, 0.1) is 6.61 Å². The molecule has 0 atom stereocenters. The van der Waals surface area contributed by atoms with E-state index in [1.165, 1.54) is 0 Å². The number of ether oxygens (including phenoxy) is 1. The van der Waals surface area contributed by atoms with Crippen LogP contribution < -0.4 is 5.32 Å². The average Bonchev–Trinajstić information content (AvgIpc) is 3.01. The van der Waals surface area contributed by atoms with Crippen LogP contribution in [0.5, 0.6) is 0 Å². The number of methoxy groups -OCH3 is 1. The summed E-state index contributed by atoms with van der Waals surface area (Å²) < 4.78 is 5.16. The highest BCUT2D eigenvalue weighted by atomic mass is 35.5. The van der Waals surface area contributed by atoms with Crippen LogP contribution in [0.3, 0.4) is 0 Å². The zero-order valence-electron chi connectivity index (χ0n) is 14.9. The Bertz CT molecular complexity index is 505. The normalized spacial score (nSPS) is 13.5. The molecule has 0 unspecified atom stereocenters. The van der Waals surface area contributed by atoms with Gasteiger partial charge >= 0.3 is 0 Å². The largest absolute Gasteiger partial charge is 0.383 e. The minimum absolute atomic E-state index is 0. The molecule has 0 saturated carbocycles. The standard InChI is InChI=1S/C16H29N5O2.ClH/c1-4-20(5-2)8-9-21(10-11-23-3)16(22)15-13-12-17-7-6-14(13)18-19-15;/h17H,4-12H2,1-3H3,(H,18,19);1H. The lowest BCUT2D eigenvalue weighted by atomic mass is 10.1. The van der Waals surface area contributed by atoms with E-state index < -0.39 is 0 Å². The molecule has 8 heteroatoms. The van der Waals surface area contributed by atoms with E-state index in [2.05, 4.69) is 34.3 Å². The molecule has 0 radical (unpaired) electrons. The van der Waals surface area contributed by atoms with E-state index >= 15 is 0 Å². The van der Waals surface area contributed by atoms with Gasteiger partial charge in [0.15, 0.2) is 5.69 Å². The van der Waals surface area contributed by atoms with Crippen molar-refractivity contribution in [1.82, 2.24) is 25.3 Å². The summed E-state index contributed by atoms with van der Waals surface area (Å²) in [6.07, 6.45) is 0.896. The lowest BCUT2D eigenvalue weighted by molar-refractivity contribution is 0.0667. The van der Waals surface area contributed by atoms with Crippen molar-refractivity contribution in [2.75, 3.05) is 53.0 Å². The van der Waals surface area contributed by atoms with Crippen LogP contribution in [-0.4, -0.2) is 78.9 Å². The minimum atomic E-state index is -0.00425. The molecule has 7 nitrogen and oxygen atoms in total. The van der Waals surface area contributed by atoms with Crippen LogP contribution in [0.25, 0.3) is 0 Å². The Morgan fingerprint density at radius 3 is 2.67 bits per heavy atom. The van der Waals surface area contributed by atoms with Gasteiger partial charge in [-0.15, -0.1) is 12.4 Å². The molecule has 0 aliphatic carbocycles. The van der Waals surface area contributed by atoms with Gasteiger partial charge in [-0.1, -0.05) is 13.8 Å². The van der Waals surface area contributed by atoms with Crippen molar-refractivity contribution in [1.29, 1.82) is 0 Å². The molecule has 1 aliphatic heterocycles. The minimum Gasteiger partial charge on any atom is -0.383 e. The predicted octanol–water partition coefficient (Wildman–Crippen LogP) is 0.908. The van der Waals surface area contributed by atoms with Crippen molar-refractivity contribution in [2.45, 2.75) is 26.8 Å². The summed E-state index contributed by atoms with van der Waals surface area (Å²) >= 11 is 0. The van der Waals surface area contributed by atoms with Crippen LogP contribution in [-0.2, 0) is 17.7 Å². The molecule has 24 heavy (non-hydrogen) atoms. The fraction of sp³-hybridized carbons (Fsp3) is 0.750. The Hall–Kier alpha value is -1.15. The molecule has 1 amide bonds. The summed E-state index contributed by atoms with van der Waals surface area (Å²) in [5, 5.41) is 10.6. The van der Waals surface area contributed by atoms with Gasteiger partial charge in [0.2, 0.25) is 0 Å². The number of likely N-dealkylation sites (N-methyl/N-ethyl adjacent to an activating group) is 1. The summed E-state index contributed by atoms with van der Waals surface area (Å²) in [4.78, 5) is 17.1. The molecule has 138 valence electrons. The van der Waals surface area contributed by atoms with E-state index in [0.717, 1.165) is 43.9 Å². The van der Waals surface area contributed by atoms with E-state index in [-0.39, 0.29) is 18.3 Å². The van der Waals surface area contributed by atoms with Crippen LogP contribution in [0.4, 0.5) is 0 Å². The fourth-order valence-electron chi connectivity index (χ4n) is 2.87. The van der Waals surface area contributed by atoms with Gasteiger partial charge in [0.25, 0.3) is 5.91 Å². The van der Waals surface area contributed by atoms with Crippen molar-refractivity contribution in [2.24, 2.45) is 0 Å². The summed E-state index contributed by atoms with van der Waals surface area (Å²) in [6.45, 7) is 10.6. The molecule has 2 rings (SSSR count). The molecule has 2 N–H and O–H groups in total. The number of aromatic nitrogens is 2. The van der Waals surface area contributed by atoms with Crippen LogP contribution in [0.1, 0.15) is 35.6 Å². The Morgan fingerprint density at radius 2 is 2.00 bits per heavy atom. The van der Waals surface area contributed by atoms with Gasteiger partial charge < -0.3 is 19.9 Å². The Balaban J connectivity index is 0.00000288. The van der Waals surface area contributed by atoms with Crippen molar-refractivity contribution in [3.63, 3.8) is 0 Å². The first-order valence-corrected chi connectivity index (χ1v) is 8.48. The Kier molecular flexibility index (Phi) is 9.28.